The average Bonchev–Trinajstić information content (AvgIpc) is 3.72. The zero-order valence-electron chi connectivity index (χ0n) is 21.6. The molecular formula is C29H29N3O5S2. The standard InChI is InChI=1S/C29H29N3O5S2/c1-2-36-25-10-5-11-26-27(25)30-29(38-26)31(19-22-8-6-18-37-22)28(33)21-12-14-23(15-13-21)39(34,35)32-17-16-20-7-3-4-9-24(20)32/h3-5,7,9-15,22H,2,6,8,16-19H2,1H3. The highest BCUT2D eigenvalue weighted by Gasteiger charge is 2.32. The fraction of sp³-hybridized carbons (Fsp3) is 0.310. The molecule has 0 N–H and O–H groups in total. The van der Waals surface area contributed by atoms with Crippen molar-refractivity contribution in [3.05, 3.63) is 77.9 Å². The second kappa shape index (κ2) is 10.6. The van der Waals surface area contributed by atoms with Crippen LogP contribution in [0.4, 0.5) is 10.8 Å². The summed E-state index contributed by atoms with van der Waals surface area (Å²) in [6.45, 7) is 3.88. The highest BCUT2D eigenvalue weighted by Crippen LogP contribution is 2.36. The van der Waals surface area contributed by atoms with Gasteiger partial charge in [0.25, 0.3) is 15.9 Å². The molecule has 1 aromatic heterocycles. The summed E-state index contributed by atoms with van der Waals surface area (Å²) < 4.78 is 40.9. The molecule has 2 aliphatic heterocycles. The first-order valence-corrected chi connectivity index (χ1v) is 15.4. The lowest BCUT2D eigenvalue weighted by Gasteiger charge is -2.23. The third kappa shape index (κ3) is 4.88. The zero-order chi connectivity index (χ0) is 27.0. The highest BCUT2D eigenvalue weighted by molar-refractivity contribution is 7.92. The minimum atomic E-state index is -3.75. The molecule has 0 saturated carbocycles. The van der Waals surface area contributed by atoms with Gasteiger partial charge in [-0.25, -0.2) is 13.4 Å². The molecule has 8 nitrogen and oxygen atoms in total. The van der Waals surface area contributed by atoms with E-state index in [1.807, 2.05) is 49.4 Å². The Morgan fingerprint density at radius 2 is 1.95 bits per heavy atom. The summed E-state index contributed by atoms with van der Waals surface area (Å²) in [5.74, 6) is 0.429. The monoisotopic (exact) mass is 563 g/mol. The SMILES string of the molecule is CCOc1cccc2sc(N(CC3CCCO3)C(=O)c3ccc(S(=O)(=O)N4CCc5ccccc54)cc3)nc12. The van der Waals surface area contributed by atoms with E-state index in [1.165, 1.54) is 27.8 Å². The van der Waals surface area contributed by atoms with Gasteiger partial charge in [-0.15, -0.1) is 0 Å². The van der Waals surface area contributed by atoms with Gasteiger partial charge in [-0.3, -0.25) is 14.0 Å². The number of carbonyl (C=O) groups excluding carboxylic acids is 1. The minimum absolute atomic E-state index is 0.0813. The van der Waals surface area contributed by atoms with Gasteiger partial charge in [0.1, 0.15) is 11.3 Å². The number of nitrogens with zero attached hydrogens (tertiary/aromatic N) is 3. The van der Waals surface area contributed by atoms with Crippen LogP contribution in [0.15, 0.2) is 71.6 Å². The molecule has 0 bridgehead atoms. The number of amides is 1. The van der Waals surface area contributed by atoms with E-state index in [0.717, 1.165) is 28.6 Å². The predicted molar refractivity (Wildman–Crippen MR) is 153 cm³/mol. The van der Waals surface area contributed by atoms with Crippen LogP contribution in [-0.4, -0.2) is 51.7 Å². The highest BCUT2D eigenvalue weighted by atomic mass is 32.2. The van der Waals surface area contributed by atoms with Crippen LogP contribution in [0.25, 0.3) is 10.2 Å². The molecule has 0 aliphatic carbocycles. The Bertz CT molecular complexity index is 1610. The van der Waals surface area contributed by atoms with Gasteiger partial charge in [0.05, 0.1) is 34.5 Å². The molecule has 0 spiro atoms. The maximum absolute atomic E-state index is 13.8. The Kier molecular flexibility index (Phi) is 7.01. The second-order valence-electron chi connectivity index (χ2n) is 9.56. The number of benzene rings is 3. The molecule has 1 amide bonds. The van der Waals surface area contributed by atoms with Crippen LogP contribution in [0.5, 0.6) is 5.75 Å². The summed E-state index contributed by atoms with van der Waals surface area (Å²) in [5.41, 5.74) is 2.83. The van der Waals surface area contributed by atoms with E-state index < -0.39 is 10.0 Å². The number of anilines is 2. The molecule has 0 radical (unpaired) electrons. The third-order valence-corrected chi connectivity index (χ3v) is 9.96. The van der Waals surface area contributed by atoms with Crippen LogP contribution in [0.2, 0.25) is 0 Å². The molecule has 1 atom stereocenters. The smallest absolute Gasteiger partial charge is 0.264 e. The van der Waals surface area contributed by atoms with Crippen LogP contribution in [0, 0.1) is 0 Å². The van der Waals surface area contributed by atoms with Gasteiger partial charge in [-0.1, -0.05) is 35.6 Å². The lowest BCUT2D eigenvalue weighted by atomic mass is 10.2. The van der Waals surface area contributed by atoms with Crippen molar-refractivity contribution in [1.29, 1.82) is 0 Å². The van der Waals surface area contributed by atoms with Crippen LogP contribution in [0.3, 0.4) is 0 Å². The normalized spacial score (nSPS) is 16.9. The molecule has 6 rings (SSSR count). The Morgan fingerprint density at radius 3 is 2.72 bits per heavy atom. The topological polar surface area (TPSA) is 89.0 Å². The third-order valence-electron chi connectivity index (χ3n) is 7.09. The fourth-order valence-electron chi connectivity index (χ4n) is 5.15. The number of rotatable bonds is 8. The first kappa shape index (κ1) is 25.8. The van der Waals surface area contributed by atoms with Gasteiger partial charge in [0.2, 0.25) is 0 Å². The minimum Gasteiger partial charge on any atom is -0.492 e. The molecular weight excluding hydrogens is 534 g/mol. The molecule has 3 aromatic carbocycles. The largest absolute Gasteiger partial charge is 0.492 e. The number of hydrogen-bond donors (Lipinski definition) is 0. The van der Waals surface area contributed by atoms with E-state index in [2.05, 4.69) is 0 Å². The van der Waals surface area contributed by atoms with Crippen molar-refractivity contribution in [2.75, 3.05) is 35.5 Å². The molecule has 1 fully saturated rings. The maximum atomic E-state index is 13.8. The van der Waals surface area contributed by atoms with Crippen molar-refractivity contribution >= 4 is 48.3 Å². The van der Waals surface area contributed by atoms with Crippen molar-refractivity contribution < 1.29 is 22.7 Å². The Balaban J connectivity index is 1.30. The van der Waals surface area contributed by atoms with Crippen molar-refractivity contribution in [1.82, 2.24) is 4.98 Å². The lowest BCUT2D eigenvalue weighted by molar-refractivity contribution is 0.0917. The predicted octanol–water partition coefficient (Wildman–Crippen LogP) is 5.27. The van der Waals surface area contributed by atoms with Gasteiger partial charge in [0, 0.05) is 18.7 Å². The number of para-hydroxylation sites is 2. The van der Waals surface area contributed by atoms with E-state index in [4.69, 9.17) is 14.5 Å². The van der Waals surface area contributed by atoms with Gasteiger partial charge in [0.15, 0.2) is 5.13 Å². The number of ether oxygens (including phenoxy) is 2. The van der Waals surface area contributed by atoms with E-state index in [-0.39, 0.29) is 16.9 Å². The molecule has 202 valence electrons. The summed E-state index contributed by atoms with van der Waals surface area (Å²) >= 11 is 1.43. The lowest BCUT2D eigenvalue weighted by Crippen LogP contribution is -2.37. The molecule has 39 heavy (non-hydrogen) atoms. The summed E-state index contributed by atoms with van der Waals surface area (Å²) in [4.78, 5) is 20.4. The van der Waals surface area contributed by atoms with Gasteiger partial charge >= 0.3 is 0 Å². The van der Waals surface area contributed by atoms with E-state index in [0.29, 0.717) is 54.9 Å². The van der Waals surface area contributed by atoms with Crippen LogP contribution < -0.4 is 13.9 Å². The summed E-state index contributed by atoms with van der Waals surface area (Å²) in [6.07, 6.45) is 2.42. The summed E-state index contributed by atoms with van der Waals surface area (Å²) in [5, 5.41) is 0.558. The fourth-order valence-corrected chi connectivity index (χ4v) is 7.64. The summed E-state index contributed by atoms with van der Waals surface area (Å²) in [6, 6.07) is 19.5. The average molecular weight is 564 g/mol. The number of sulfonamides is 1. The summed E-state index contributed by atoms with van der Waals surface area (Å²) in [7, 11) is -3.75. The first-order valence-electron chi connectivity index (χ1n) is 13.1. The second-order valence-corrected chi connectivity index (χ2v) is 12.4. The van der Waals surface area contributed by atoms with E-state index in [1.54, 1.807) is 17.0 Å². The van der Waals surface area contributed by atoms with Crippen molar-refractivity contribution in [3.8, 4) is 5.75 Å². The van der Waals surface area contributed by atoms with E-state index in [9.17, 15) is 13.2 Å². The van der Waals surface area contributed by atoms with Crippen molar-refractivity contribution in [2.24, 2.45) is 0 Å². The number of thiazole rings is 1. The van der Waals surface area contributed by atoms with Gasteiger partial charge in [-0.2, -0.15) is 0 Å². The molecule has 3 heterocycles. The molecule has 2 aliphatic rings. The van der Waals surface area contributed by atoms with Crippen molar-refractivity contribution in [3.63, 3.8) is 0 Å². The number of hydrogen-bond acceptors (Lipinski definition) is 7. The zero-order valence-corrected chi connectivity index (χ0v) is 23.2. The van der Waals surface area contributed by atoms with Crippen molar-refractivity contribution in [2.45, 2.75) is 37.2 Å². The Morgan fingerprint density at radius 1 is 1.13 bits per heavy atom. The number of fused-ring (bicyclic) bond motifs is 2. The Hall–Kier alpha value is -3.47. The quantitative estimate of drug-likeness (QED) is 0.290. The van der Waals surface area contributed by atoms with Crippen LogP contribution in [0.1, 0.15) is 35.7 Å². The van der Waals surface area contributed by atoms with Gasteiger partial charge < -0.3 is 9.47 Å². The van der Waals surface area contributed by atoms with E-state index >= 15 is 0 Å². The molecule has 10 heteroatoms. The maximum Gasteiger partial charge on any atom is 0.264 e. The molecule has 1 unspecified atom stereocenters. The Labute approximate surface area is 231 Å². The molecule has 4 aromatic rings. The van der Waals surface area contributed by atoms with Crippen LogP contribution >= 0.6 is 11.3 Å². The van der Waals surface area contributed by atoms with Gasteiger partial charge in [-0.05, 0) is 74.2 Å². The number of aromatic nitrogens is 1. The molecule has 1 saturated heterocycles. The first-order chi connectivity index (χ1) is 19.0. The number of carbonyl (C=O) groups is 1. The van der Waals surface area contributed by atoms with Crippen LogP contribution in [-0.2, 0) is 21.2 Å².